The molecule has 0 aliphatic carbocycles. The van der Waals surface area contributed by atoms with Gasteiger partial charge in [-0.1, -0.05) is 0 Å². The predicted molar refractivity (Wildman–Crippen MR) is 128 cm³/mol. The third kappa shape index (κ3) is 4.35. The minimum atomic E-state index is -0.333. The fourth-order valence-electron chi connectivity index (χ4n) is 5.55. The number of aryl methyl sites for hydroxylation is 1. The molecule has 3 aliphatic heterocycles. The van der Waals surface area contributed by atoms with Crippen LogP contribution in [0, 0.1) is 6.92 Å². The maximum Gasteiger partial charge on any atom is 0.242 e. The normalized spacial score (nSPS) is 28.1. The second-order valence-corrected chi connectivity index (χ2v) is 9.90. The summed E-state index contributed by atoms with van der Waals surface area (Å²) in [6.07, 6.45) is 6.20. The summed E-state index contributed by atoms with van der Waals surface area (Å²) in [5.74, 6) is 0.921. The lowest BCUT2D eigenvalue weighted by atomic mass is 9.97. The summed E-state index contributed by atoms with van der Waals surface area (Å²) in [6, 6.07) is 1.79. The molecule has 2 aromatic rings. The second-order valence-electron chi connectivity index (χ2n) is 9.90. The Kier molecular flexibility index (Phi) is 6.17. The van der Waals surface area contributed by atoms with E-state index in [0.717, 1.165) is 61.5 Å². The first kappa shape index (κ1) is 23.0. The minimum absolute atomic E-state index is 0.0699. The summed E-state index contributed by atoms with van der Waals surface area (Å²) in [6.45, 7) is 5.98. The number of amides is 2. The first-order valence-corrected chi connectivity index (χ1v) is 12.2. The van der Waals surface area contributed by atoms with E-state index in [1.54, 1.807) is 0 Å². The molecule has 3 fully saturated rings. The number of hydrogen-bond donors (Lipinski definition) is 3. The number of nitrogens with zero attached hydrogens (tertiary/aromatic N) is 6. The molecule has 3 aliphatic rings. The van der Waals surface area contributed by atoms with Gasteiger partial charge in [-0.3, -0.25) is 9.59 Å². The molecule has 4 atom stereocenters. The Bertz CT molecular complexity index is 1090. The van der Waals surface area contributed by atoms with Gasteiger partial charge in [-0.25, -0.2) is 19.9 Å². The molecule has 11 heteroatoms. The number of anilines is 1. The molecule has 0 radical (unpaired) electrons. The summed E-state index contributed by atoms with van der Waals surface area (Å²) in [4.78, 5) is 34.2. The fourth-order valence-corrected chi connectivity index (χ4v) is 5.55. The number of aromatic nitrogens is 3. The molecule has 0 aromatic carbocycles. The molecule has 4 N–H and O–H groups in total. The van der Waals surface area contributed by atoms with Crippen LogP contribution in [-0.4, -0.2) is 81.3 Å². The third-order valence-electron chi connectivity index (χ3n) is 7.22. The van der Waals surface area contributed by atoms with Gasteiger partial charge in [0.05, 0.1) is 17.9 Å². The Hall–Kier alpha value is -2.76. The van der Waals surface area contributed by atoms with Crippen molar-refractivity contribution in [3.8, 4) is 0 Å². The molecule has 5 rings (SSSR count). The van der Waals surface area contributed by atoms with E-state index >= 15 is 0 Å². The molecule has 34 heavy (non-hydrogen) atoms. The Morgan fingerprint density at radius 2 is 2.06 bits per heavy atom. The standard InChI is InChI=1S/C23H35N9O2/c1-14-12-32-21(26-22(14)30-9-7-16(24)13-30)10-17(27-32)18-6-4-5-8-31(18)23(34)19-11-20(25-15(2)33)28-29(19)3/h10,12,16,18-20,28H,4-9,11,13,24H2,1-3H3,(H,25,33). The van der Waals surface area contributed by atoms with Crippen LogP contribution in [0.25, 0.3) is 5.65 Å². The van der Waals surface area contributed by atoms with Gasteiger partial charge in [0, 0.05) is 63.9 Å². The van der Waals surface area contributed by atoms with Gasteiger partial charge in [0.15, 0.2) is 5.65 Å². The van der Waals surface area contributed by atoms with E-state index in [4.69, 9.17) is 15.8 Å². The average molecular weight is 470 g/mol. The van der Waals surface area contributed by atoms with E-state index in [1.165, 1.54) is 6.92 Å². The number of likely N-dealkylation sites (N-methyl/N-ethyl adjacent to an activating group) is 1. The van der Waals surface area contributed by atoms with Gasteiger partial charge in [0.1, 0.15) is 11.9 Å². The highest BCUT2D eigenvalue weighted by Gasteiger charge is 2.40. The van der Waals surface area contributed by atoms with Crippen molar-refractivity contribution in [1.29, 1.82) is 0 Å². The highest BCUT2D eigenvalue weighted by atomic mass is 16.2. The van der Waals surface area contributed by atoms with Gasteiger partial charge in [0.2, 0.25) is 11.8 Å². The molecule has 2 amide bonds. The van der Waals surface area contributed by atoms with E-state index in [1.807, 2.05) is 33.7 Å². The molecule has 11 nitrogen and oxygen atoms in total. The summed E-state index contributed by atoms with van der Waals surface area (Å²) in [5.41, 5.74) is 12.0. The van der Waals surface area contributed by atoms with Crippen molar-refractivity contribution in [3.05, 3.63) is 23.5 Å². The molecule has 4 unspecified atom stereocenters. The van der Waals surface area contributed by atoms with Crippen molar-refractivity contribution in [1.82, 2.24) is 35.2 Å². The lowest BCUT2D eigenvalue weighted by molar-refractivity contribution is -0.140. The number of rotatable bonds is 4. The van der Waals surface area contributed by atoms with Crippen molar-refractivity contribution >= 4 is 23.3 Å². The number of carbonyl (C=O) groups is 2. The van der Waals surface area contributed by atoms with E-state index in [-0.39, 0.29) is 36.1 Å². The lowest BCUT2D eigenvalue weighted by Gasteiger charge is -2.37. The first-order chi connectivity index (χ1) is 16.3. The van der Waals surface area contributed by atoms with Crippen LogP contribution in [0.1, 0.15) is 56.3 Å². The molecule has 0 bridgehead atoms. The maximum absolute atomic E-state index is 13.6. The molecule has 0 saturated carbocycles. The Balaban J connectivity index is 1.39. The molecule has 184 valence electrons. The van der Waals surface area contributed by atoms with Crippen LogP contribution in [-0.2, 0) is 9.59 Å². The summed E-state index contributed by atoms with van der Waals surface area (Å²) >= 11 is 0. The lowest BCUT2D eigenvalue weighted by Crippen LogP contribution is -2.49. The van der Waals surface area contributed by atoms with E-state index < -0.39 is 0 Å². The molecule has 5 heterocycles. The highest BCUT2D eigenvalue weighted by Crippen LogP contribution is 2.33. The zero-order valence-electron chi connectivity index (χ0n) is 20.2. The second kappa shape index (κ2) is 9.12. The zero-order valence-corrected chi connectivity index (χ0v) is 20.2. The monoisotopic (exact) mass is 469 g/mol. The van der Waals surface area contributed by atoms with Crippen LogP contribution in [0.3, 0.4) is 0 Å². The Morgan fingerprint density at radius 3 is 2.79 bits per heavy atom. The average Bonchev–Trinajstić information content (AvgIpc) is 3.50. The zero-order chi connectivity index (χ0) is 24.0. The number of likely N-dealkylation sites (tertiary alicyclic amines) is 1. The van der Waals surface area contributed by atoms with Crippen LogP contribution in [0.2, 0.25) is 0 Å². The van der Waals surface area contributed by atoms with Crippen LogP contribution in [0.5, 0.6) is 0 Å². The predicted octanol–water partition coefficient (Wildman–Crippen LogP) is 0.300. The summed E-state index contributed by atoms with van der Waals surface area (Å²) in [5, 5.41) is 9.52. The quantitative estimate of drug-likeness (QED) is 0.584. The smallest absolute Gasteiger partial charge is 0.242 e. The van der Waals surface area contributed by atoms with Crippen molar-refractivity contribution < 1.29 is 9.59 Å². The SMILES string of the molecule is CC(=O)NC1CC(C(=O)N2CCCCC2c2cc3nc(N4CCC(N)C4)c(C)cn3n2)N(C)N1. The van der Waals surface area contributed by atoms with Crippen molar-refractivity contribution in [3.63, 3.8) is 0 Å². The van der Waals surface area contributed by atoms with Gasteiger partial charge in [-0.2, -0.15) is 5.10 Å². The largest absolute Gasteiger partial charge is 0.355 e. The van der Waals surface area contributed by atoms with Crippen molar-refractivity contribution in [2.45, 2.75) is 70.2 Å². The maximum atomic E-state index is 13.6. The third-order valence-corrected chi connectivity index (χ3v) is 7.22. The first-order valence-electron chi connectivity index (χ1n) is 12.2. The van der Waals surface area contributed by atoms with Crippen LogP contribution in [0.15, 0.2) is 12.3 Å². The fraction of sp³-hybridized carbons (Fsp3) is 0.652. The Morgan fingerprint density at radius 1 is 1.24 bits per heavy atom. The van der Waals surface area contributed by atoms with Crippen LogP contribution in [0.4, 0.5) is 5.82 Å². The van der Waals surface area contributed by atoms with Crippen molar-refractivity contribution in [2.24, 2.45) is 5.73 Å². The highest BCUT2D eigenvalue weighted by molar-refractivity contribution is 5.83. The molecule has 2 aromatic heterocycles. The molecular formula is C23H35N9O2. The summed E-state index contributed by atoms with van der Waals surface area (Å²) in [7, 11) is 1.85. The minimum Gasteiger partial charge on any atom is -0.355 e. The van der Waals surface area contributed by atoms with Gasteiger partial charge < -0.3 is 20.9 Å². The van der Waals surface area contributed by atoms with Gasteiger partial charge >= 0.3 is 0 Å². The van der Waals surface area contributed by atoms with Gasteiger partial charge in [-0.15, -0.1) is 0 Å². The number of nitrogens with one attached hydrogen (secondary N) is 2. The molecular weight excluding hydrogens is 434 g/mol. The van der Waals surface area contributed by atoms with E-state index in [9.17, 15) is 9.59 Å². The number of fused-ring (bicyclic) bond motifs is 1. The molecule has 0 spiro atoms. The summed E-state index contributed by atoms with van der Waals surface area (Å²) < 4.78 is 1.83. The number of hydrazine groups is 1. The van der Waals surface area contributed by atoms with Gasteiger partial charge in [0.25, 0.3) is 0 Å². The van der Waals surface area contributed by atoms with Crippen LogP contribution >= 0.6 is 0 Å². The topological polar surface area (TPSA) is 124 Å². The van der Waals surface area contributed by atoms with Crippen LogP contribution < -0.4 is 21.4 Å². The van der Waals surface area contributed by atoms with Crippen molar-refractivity contribution in [2.75, 3.05) is 31.6 Å². The number of hydrogen-bond acceptors (Lipinski definition) is 8. The number of piperidine rings is 1. The number of carbonyl (C=O) groups excluding carboxylic acids is 2. The van der Waals surface area contributed by atoms with E-state index in [2.05, 4.69) is 22.6 Å². The molecule has 3 saturated heterocycles. The number of nitrogens with two attached hydrogens (primary N) is 1. The Labute approximate surface area is 199 Å². The van der Waals surface area contributed by atoms with E-state index in [0.29, 0.717) is 13.0 Å². The van der Waals surface area contributed by atoms with Gasteiger partial charge in [-0.05, 0) is 32.6 Å².